The Morgan fingerprint density at radius 2 is 1.90 bits per heavy atom. The van der Waals surface area contributed by atoms with E-state index in [4.69, 9.17) is 24.7 Å². The molecule has 1 aliphatic rings. The van der Waals surface area contributed by atoms with E-state index < -0.39 is 11.9 Å². The predicted molar refractivity (Wildman–Crippen MR) is 104 cm³/mol. The van der Waals surface area contributed by atoms with Gasteiger partial charge in [0.25, 0.3) is 0 Å². The Labute approximate surface area is 168 Å². The molecule has 1 amide bonds. The summed E-state index contributed by atoms with van der Waals surface area (Å²) in [6.07, 6.45) is 0. The molecule has 154 valence electrons. The summed E-state index contributed by atoms with van der Waals surface area (Å²) < 4.78 is 21.2. The molecule has 29 heavy (non-hydrogen) atoms. The van der Waals surface area contributed by atoms with Gasteiger partial charge in [-0.05, 0) is 25.5 Å². The summed E-state index contributed by atoms with van der Waals surface area (Å²) in [7, 11) is 2.91. The van der Waals surface area contributed by atoms with Crippen LogP contribution in [0.15, 0.2) is 34.9 Å². The summed E-state index contributed by atoms with van der Waals surface area (Å²) in [5.74, 6) is -1.16. The number of benzene rings is 1. The highest BCUT2D eigenvalue weighted by Crippen LogP contribution is 2.45. The van der Waals surface area contributed by atoms with E-state index in [0.717, 1.165) is 0 Å². The number of carbonyl (C=O) groups excluding carboxylic acids is 2. The fourth-order valence-corrected chi connectivity index (χ4v) is 3.10. The normalized spacial score (nSPS) is 15.9. The molecule has 1 aromatic carbocycles. The maximum atomic E-state index is 12.7. The van der Waals surface area contributed by atoms with Gasteiger partial charge in [-0.2, -0.15) is 5.26 Å². The van der Waals surface area contributed by atoms with Crippen LogP contribution < -0.4 is 20.5 Å². The van der Waals surface area contributed by atoms with Crippen molar-refractivity contribution in [1.82, 2.24) is 0 Å². The van der Waals surface area contributed by atoms with Gasteiger partial charge < -0.3 is 30.0 Å². The van der Waals surface area contributed by atoms with Crippen molar-refractivity contribution in [3.8, 4) is 17.6 Å². The molecule has 2 rings (SSSR count). The Morgan fingerprint density at radius 1 is 1.28 bits per heavy atom. The van der Waals surface area contributed by atoms with Gasteiger partial charge in [-0.15, -0.1) is 0 Å². The molecule has 0 fully saturated rings. The number of esters is 1. The van der Waals surface area contributed by atoms with Crippen LogP contribution in [0.25, 0.3) is 0 Å². The Balaban J connectivity index is 2.83. The number of nitriles is 1. The number of amides is 1. The van der Waals surface area contributed by atoms with E-state index in [9.17, 15) is 14.9 Å². The summed E-state index contributed by atoms with van der Waals surface area (Å²) in [6.45, 7) is 4.70. The standard InChI is InChI=1S/C20H23N3O6/c1-6-28-20(25)17-10(2)29-19(22)13(9-21)18(17)12-7-15(26-4)16(27-5)8-14(12)23-11(3)24/h7-8,18H,6,22H2,1-5H3,(H,23,24). The average Bonchev–Trinajstić information content (AvgIpc) is 2.66. The Kier molecular flexibility index (Phi) is 6.72. The average molecular weight is 401 g/mol. The first-order valence-electron chi connectivity index (χ1n) is 8.77. The third-order valence-electron chi connectivity index (χ3n) is 4.28. The molecule has 9 heteroatoms. The fraction of sp³-hybridized carbons (Fsp3) is 0.350. The first-order chi connectivity index (χ1) is 13.8. The molecule has 1 aromatic rings. The summed E-state index contributed by atoms with van der Waals surface area (Å²) >= 11 is 0. The minimum Gasteiger partial charge on any atom is -0.493 e. The van der Waals surface area contributed by atoms with Gasteiger partial charge in [-0.3, -0.25) is 4.79 Å². The molecule has 3 N–H and O–H groups in total. The van der Waals surface area contributed by atoms with E-state index in [1.807, 2.05) is 6.07 Å². The van der Waals surface area contributed by atoms with E-state index in [-0.39, 0.29) is 35.3 Å². The summed E-state index contributed by atoms with van der Waals surface area (Å²) in [5.41, 5.74) is 6.78. The van der Waals surface area contributed by atoms with Crippen LogP contribution in [0.5, 0.6) is 11.5 Å². The molecule has 0 saturated heterocycles. The highest BCUT2D eigenvalue weighted by Gasteiger charge is 2.38. The van der Waals surface area contributed by atoms with Gasteiger partial charge in [0.1, 0.15) is 17.4 Å². The molecule has 1 unspecified atom stereocenters. The number of hydrogen-bond donors (Lipinski definition) is 2. The molecule has 1 heterocycles. The summed E-state index contributed by atoms with van der Waals surface area (Å²) in [4.78, 5) is 24.5. The number of nitrogens with zero attached hydrogens (tertiary/aromatic N) is 1. The van der Waals surface area contributed by atoms with Crippen LogP contribution in [0.1, 0.15) is 32.3 Å². The quantitative estimate of drug-likeness (QED) is 0.694. The smallest absolute Gasteiger partial charge is 0.338 e. The predicted octanol–water partition coefficient (Wildman–Crippen LogP) is 2.31. The van der Waals surface area contributed by atoms with Crippen LogP contribution in [-0.4, -0.2) is 32.7 Å². The monoisotopic (exact) mass is 401 g/mol. The summed E-state index contributed by atoms with van der Waals surface area (Å²) in [6, 6.07) is 5.13. The maximum absolute atomic E-state index is 12.7. The zero-order valence-electron chi connectivity index (χ0n) is 16.9. The molecule has 0 saturated carbocycles. The van der Waals surface area contributed by atoms with Crippen molar-refractivity contribution in [2.75, 3.05) is 26.1 Å². The zero-order valence-corrected chi connectivity index (χ0v) is 16.9. The lowest BCUT2D eigenvalue weighted by Gasteiger charge is -2.28. The molecule has 1 aliphatic heterocycles. The number of hydrogen-bond acceptors (Lipinski definition) is 8. The third kappa shape index (κ3) is 4.27. The molecule has 0 aliphatic carbocycles. The van der Waals surface area contributed by atoms with E-state index in [0.29, 0.717) is 22.7 Å². The SMILES string of the molecule is CCOC(=O)C1=C(C)OC(N)=C(C#N)C1c1cc(OC)c(OC)cc1NC(C)=O. The number of ether oxygens (including phenoxy) is 4. The van der Waals surface area contributed by atoms with Crippen molar-refractivity contribution < 1.29 is 28.5 Å². The largest absolute Gasteiger partial charge is 0.493 e. The molecule has 0 spiro atoms. The topological polar surface area (TPSA) is 133 Å². The number of nitrogens with two attached hydrogens (primary N) is 1. The van der Waals surface area contributed by atoms with Crippen molar-refractivity contribution in [1.29, 1.82) is 5.26 Å². The van der Waals surface area contributed by atoms with Crippen molar-refractivity contribution in [3.63, 3.8) is 0 Å². The van der Waals surface area contributed by atoms with Crippen molar-refractivity contribution >= 4 is 17.6 Å². The Hall–Kier alpha value is -3.67. The number of allylic oxidation sites excluding steroid dienone is 2. The maximum Gasteiger partial charge on any atom is 0.338 e. The number of rotatable bonds is 6. The van der Waals surface area contributed by atoms with Gasteiger partial charge in [0.05, 0.1) is 32.3 Å². The van der Waals surface area contributed by atoms with E-state index in [1.54, 1.807) is 26.0 Å². The number of carbonyl (C=O) groups is 2. The van der Waals surface area contributed by atoms with Gasteiger partial charge in [-0.25, -0.2) is 4.79 Å². The summed E-state index contributed by atoms with van der Waals surface area (Å²) in [5, 5.41) is 12.4. The van der Waals surface area contributed by atoms with Crippen LogP contribution in [-0.2, 0) is 19.1 Å². The first-order valence-corrected chi connectivity index (χ1v) is 8.77. The molecule has 0 radical (unpaired) electrons. The van der Waals surface area contributed by atoms with Crippen molar-refractivity contribution in [2.24, 2.45) is 5.73 Å². The van der Waals surface area contributed by atoms with Gasteiger partial charge in [0, 0.05) is 18.7 Å². The zero-order chi connectivity index (χ0) is 21.7. The molecule has 1 atom stereocenters. The van der Waals surface area contributed by atoms with Gasteiger partial charge in [0.15, 0.2) is 11.5 Å². The van der Waals surface area contributed by atoms with Crippen LogP contribution in [0.4, 0.5) is 5.69 Å². The van der Waals surface area contributed by atoms with Crippen LogP contribution >= 0.6 is 0 Å². The van der Waals surface area contributed by atoms with E-state index in [2.05, 4.69) is 5.32 Å². The number of nitrogens with one attached hydrogen (secondary N) is 1. The third-order valence-corrected chi connectivity index (χ3v) is 4.28. The van der Waals surface area contributed by atoms with Crippen LogP contribution in [0.3, 0.4) is 0 Å². The van der Waals surface area contributed by atoms with E-state index >= 15 is 0 Å². The minimum absolute atomic E-state index is 0.0116. The molecular formula is C20H23N3O6. The number of methoxy groups -OCH3 is 2. The molecule has 0 aromatic heterocycles. The molecule has 0 bridgehead atoms. The second kappa shape index (κ2) is 9.01. The van der Waals surface area contributed by atoms with Crippen molar-refractivity contribution in [2.45, 2.75) is 26.7 Å². The number of anilines is 1. The lowest BCUT2D eigenvalue weighted by atomic mass is 9.82. The Morgan fingerprint density at radius 3 is 2.41 bits per heavy atom. The van der Waals surface area contributed by atoms with Crippen molar-refractivity contribution in [3.05, 3.63) is 40.5 Å². The van der Waals surface area contributed by atoms with Crippen LogP contribution in [0.2, 0.25) is 0 Å². The molecular weight excluding hydrogens is 378 g/mol. The van der Waals surface area contributed by atoms with Gasteiger partial charge in [0.2, 0.25) is 11.8 Å². The lowest BCUT2D eigenvalue weighted by molar-refractivity contribution is -0.139. The highest BCUT2D eigenvalue weighted by molar-refractivity contribution is 5.95. The minimum atomic E-state index is -0.936. The van der Waals surface area contributed by atoms with Crippen LogP contribution in [0, 0.1) is 11.3 Å². The highest BCUT2D eigenvalue weighted by atomic mass is 16.5. The fourth-order valence-electron chi connectivity index (χ4n) is 3.10. The first kappa shape index (κ1) is 21.6. The van der Waals surface area contributed by atoms with Gasteiger partial charge >= 0.3 is 5.97 Å². The van der Waals surface area contributed by atoms with Gasteiger partial charge in [-0.1, -0.05) is 0 Å². The lowest BCUT2D eigenvalue weighted by Crippen LogP contribution is -2.26. The van der Waals surface area contributed by atoms with E-state index in [1.165, 1.54) is 21.1 Å². The second-order valence-electron chi connectivity index (χ2n) is 6.09. The molecule has 9 nitrogen and oxygen atoms in total. The second-order valence-corrected chi connectivity index (χ2v) is 6.09. The Bertz CT molecular complexity index is 942.